The number of benzene rings is 2. The maximum absolute atomic E-state index is 13.2. The molecule has 160 valence electrons. The predicted molar refractivity (Wildman–Crippen MR) is 119 cm³/mol. The molecule has 1 N–H and O–H groups in total. The molecule has 1 atom stereocenters. The van der Waals surface area contributed by atoms with Crippen molar-refractivity contribution in [2.24, 2.45) is 5.92 Å². The molecule has 0 saturated carbocycles. The predicted octanol–water partition coefficient (Wildman–Crippen LogP) is 3.79. The lowest BCUT2D eigenvalue weighted by atomic mass is 9.97. The lowest BCUT2D eigenvalue weighted by Gasteiger charge is -2.33. The second-order valence-corrected chi connectivity index (χ2v) is 7.75. The molecule has 4 rings (SSSR count). The quantitative estimate of drug-likeness (QED) is 0.682. The van der Waals surface area contributed by atoms with Gasteiger partial charge >= 0.3 is 0 Å². The molecular weight excluding hydrogens is 395 g/mol. The molecule has 0 spiro atoms. The highest BCUT2D eigenvalue weighted by Gasteiger charge is 2.27. The molecule has 2 aromatic carbocycles. The van der Waals surface area contributed by atoms with Crippen molar-refractivity contribution < 1.29 is 9.18 Å². The Labute approximate surface area is 180 Å². The average molecular weight is 420 g/mol. The van der Waals surface area contributed by atoms with E-state index in [0.29, 0.717) is 18.1 Å². The van der Waals surface area contributed by atoms with Crippen LogP contribution in [0.5, 0.6) is 0 Å². The first-order chi connectivity index (χ1) is 15.0. The third kappa shape index (κ3) is 4.82. The van der Waals surface area contributed by atoms with Crippen molar-refractivity contribution in [2.75, 3.05) is 23.3 Å². The number of anilines is 2. The van der Waals surface area contributed by atoms with Gasteiger partial charge < -0.3 is 10.2 Å². The summed E-state index contributed by atoms with van der Waals surface area (Å²) in [4.78, 5) is 27.2. The van der Waals surface area contributed by atoms with Gasteiger partial charge in [-0.2, -0.15) is 4.68 Å². The zero-order chi connectivity index (χ0) is 21.8. The zero-order valence-corrected chi connectivity index (χ0v) is 17.4. The lowest BCUT2D eigenvalue weighted by Crippen LogP contribution is -2.41. The fraction of sp³-hybridized carbons (Fsp3) is 0.292. The molecule has 1 aliphatic heterocycles. The monoisotopic (exact) mass is 420 g/mol. The molecular formula is C24H25FN4O2. The van der Waals surface area contributed by atoms with E-state index in [4.69, 9.17) is 0 Å². The topological polar surface area (TPSA) is 67.2 Å². The minimum atomic E-state index is -0.373. The number of nitrogens with one attached hydrogen (secondary N) is 1. The van der Waals surface area contributed by atoms with Crippen LogP contribution in [0.3, 0.4) is 0 Å². The summed E-state index contributed by atoms with van der Waals surface area (Å²) in [6.45, 7) is 3.36. The van der Waals surface area contributed by atoms with Gasteiger partial charge in [-0.15, -0.1) is 5.10 Å². The number of nitrogens with zero attached hydrogens (tertiary/aromatic N) is 3. The second-order valence-electron chi connectivity index (χ2n) is 7.75. The molecule has 1 aromatic heterocycles. The normalized spacial score (nSPS) is 16.2. The van der Waals surface area contributed by atoms with Crippen molar-refractivity contribution in [3.05, 3.63) is 82.4 Å². The van der Waals surface area contributed by atoms with Crippen LogP contribution < -0.4 is 15.8 Å². The van der Waals surface area contributed by atoms with E-state index in [2.05, 4.69) is 17.3 Å². The summed E-state index contributed by atoms with van der Waals surface area (Å²) in [6.07, 6.45) is 2.56. The van der Waals surface area contributed by atoms with Crippen LogP contribution in [-0.2, 0) is 11.2 Å². The van der Waals surface area contributed by atoms with E-state index in [1.54, 1.807) is 6.07 Å². The molecule has 0 bridgehead atoms. The first kappa shape index (κ1) is 20.8. The first-order valence-corrected chi connectivity index (χ1v) is 10.5. The van der Waals surface area contributed by atoms with E-state index >= 15 is 0 Å². The van der Waals surface area contributed by atoms with E-state index < -0.39 is 0 Å². The van der Waals surface area contributed by atoms with Gasteiger partial charge in [0.15, 0.2) is 0 Å². The number of piperidine rings is 1. The van der Waals surface area contributed by atoms with Crippen LogP contribution in [0.1, 0.15) is 25.3 Å². The Balaban J connectivity index is 1.50. The van der Waals surface area contributed by atoms with E-state index in [1.165, 1.54) is 40.6 Å². The van der Waals surface area contributed by atoms with Gasteiger partial charge in [-0.1, -0.05) is 19.1 Å². The van der Waals surface area contributed by atoms with Gasteiger partial charge in [0.2, 0.25) is 5.91 Å². The largest absolute Gasteiger partial charge is 0.354 e. The van der Waals surface area contributed by atoms with Crippen LogP contribution in [0, 0.1) is 11.7 Å². The molecule has 1 fully saturated rings. The van der Waals surface area contributed by atoms with Crippen LogP contribution >= 0.6 is 0 Å². The summed E-state index contributed by atoms with van der Waals surface area (Å²) in [5, 5.41) is 7.51. The van der Waals surface area contributed by atoms with Crippen molar-refractivity contribution in [1.82, 2.24) is 9.78 Å². The summed E-state index contributed by atoms with van der Waals surface area (Å²) in [5.74, 6) is 0.0635. The number of aryl methyl sites for hydroxylation is 1. The van der Waals surface area contributed by atoms with Crippen molar-refractivity contribution in [1.29, 1.82) is 0 Å². The fourth-order valence-corrected chi connectivity index (χ4v) is 3.85. The van der Waals surface area contributed by atoms with Gasteiger partial charge in [-0.05, 0) is 67.3 Å². The van der Waals surface area contributed by atoms with E-state index in [-0.39, 0.29) is 23.2 Å². The van der Waals surface area contributed by atoms with E-state index in [9.17, 15) is 14.0 Å². The van der Waals surface area contributed by atoms with Gasteiger partial charge in [0.05, 0.1) is 11.6 Å². The van der Waals surface area contributed by atoms with Crippen LogP contribution in [0.25, 0.3) is 5.69 Å². The number of carbonyl (C=O) groups excluding carboxylic acids is 1. The number of hydrogen-bond donors (Lipinski definition) is 1. The zero-order valence-electron chi connectivity index (χ0n) is 17.4. The molecule has 6 nitrogen and oxygen atoms in total. The van der Waals surface area contributed by atoms with Gasteiger partial charge in [0.1, 0.15) is 11.6 Å². The van der Waals surface area contributed by atoms with Crippen molar-refractivity contribution in [2.45, 2.75) is 26.2 Å². The molecule has 0 radical (unpaired) electrons. The number of carbonyl (C=O) groups is 1. The van der Waals surface area contributed by atoms with Crippen molar-refractivity contribution in [3.63, 3.8) is 0 Å². The van der Waals surface area contributed by atoms with Crippen LogP contribution in [-0.4, -0.2) is 28.8 Å². The molecule has 1 saturated heterocycles. The van der Waals surface area contributed by atoms with Gasteiger partial charge in [-0.3, -0.25) is 9.59 Å². The molecule has 3 aromatic rings. The number of hydrogen-bond acceptors (Lipinski definition) is 4. The Morgan fingerprint density at radius 2 is 1.97 bits per heavy atom. The number of rotatable bonds is 5. The van der Waals surface area contributed by atoms with Crippen molar-refractivity contribution in [3.8, 4) is 5.69 Å². The Morgan fingerprint density at radius 1 is 1.16 bits per heavy atom. The Bertz CT molecular complexity index is 1130. The molecule has 7 heteroatoms. The first-order valence-electron chi connectivity index (χ1n) is 10.5. The third-order valence-corrected chi connectivity index (χ3v) is 5.58. The summed E-state index contributed by atoms with van der Waals surface area (Å²) in [5.41, 5.74) is 2.19. The highest BCUT2D eigenvalue weighted by atomic mass is 19.1. The number of aromatic nitrogens is 2. The van der Waals surface area contributed by atoms with E-state index in [1.807, 2.05) is 29.2 Å². The number of halogens is 1. The van der Waals surface area contributed by atoms with Crippen LogP contribution in [0.15, 0.2) is 65.5 Å². The Kier molecular flexibility index (Phi) is 6.11. The fourth-order valence-electron chi connectivity index (χ4n) is 3.85. The van der Waals surface area contributed by atoms with Gasteiger partial charge in [0.25, 0.3) is 5.56 Å². The van der Waals surface area contributed by atoms with Crippen LogP contribution in [0.4, 0.5) is 15.9 Å². The minimum absolute atomic E-state index is 0.00944. The van der Waals surface area contributed by atoms with Crippen molar-refractivity contribution >= 4 is 17.4 Å². The molecule has 2 heterocycles. The summed E-state index contributed by atoms with van der Waals surface area (Å²) in [7, 11) is 0. The smallest absolute Gasteiger partial charge is 0.271 e. The lowest BCUT2D eigenvalue weighted by molar-refractivity contribution is -0.120. The molecule has 1 unspecified atom stereocenters. The summed E-state index contributed by atoms with van der Waals surface area (Å²) in [6, 6.07) is 16.6. The molecule has 1 aliphatic rings. The molecule has 0 aliphatic carbocycles. The third-order valence-electron chi connectivity index (χ3n) is 5.58. The summed E-state index contributed by atoms with van der Waals surface area (Å²) >= 11 is 0. The Morgan fingerprint density at radius 3 is 2.74 bits per heavy atom. The highest BCUT2D eigenvalue weighted by molar-refractivity contribution is 5.93. The van der Waals surface area contributed by atoms with E-state index in [0.717, 1.165) is 31.5 Å². The number of amides is 1. The SMILES string of the molecule is CCc1cccc(NC(=O)C2CCCN(c3ccc(=O)n(-c4ccc(F)cc4)n3)C2)c1. The second kappa shape index (κ2) is 9.12. The maximum Gasteiger partial charge on any atom is 0.271 e. The maximum atomic E-state index is 13.2. The van der Waals surface area contributed by atoms with Crippen LogP contribution in [0.2, 0.25) is 0 Å². The molecule has 31 heavy (non-hydrogen) atoms. The molecule has 1 amide bonds. The highest BCUT2D eigenvalue weighted by Crippen LogP contribution is 2.23. The Hall–Kier alpha value is -3.48. The summed E-state index contributed by atoms with van der Waals surface area (Å²) < 4.78 is 14.5. The van der Waals surface area contributed by atoms with Gasteiger partial charge in [0, 0.05) is 24.8 Å². The average Bonchev–Trinajstić information content (AvgIpc) is 2.80. The minimum Gasteiger partial charge on any atom is -0.354 e. The van der Waals surface area contributed by atoms with Gasteiger partial charge in [-0.25, -0.2) is 4.39 Å². The standard InChI is InChI=1S/C24H25FN4O2/c1-2-17-5-3-7-20(15-17)26-24(31)18-6-4-14-28(16-18)22-12-13-23(30)29(27-22)21-10-8-19(25)9-11-21/h3,5,7-13,15,18H,2,4,6,14,16H2,1H3,(H,26,31).